The molecule has 3 aliphatic heterocycles. The number of likely N-dealkylation sites (tertiary alicyclic amines) is 1. The van der Waals surface area contributed by atoms with Gasteiger partial charge in [-0.3, -0.25) is 9.48 Å². The van der Waals surface area contributed by atoms with Crippen molar-refractivity contribution in [2.75, 3.05) is 19.7 Å². The molecule has 0 radical (unpaired) electrons. The molecule has 6 nitrogen and oxygen atoms in total. The van der Waals surface area contributed by atoms with Crippen LogP contribution < -0.4 is 0 Å². The number of amides is 1. The molecule has 1 aromatic heterocycles. The molecule has 3 fully saturated rings. The summed E-state index contributed by atoms with van der Waals surface area (Å²) in [5.74, 6) is 0.751. The number of nitrogens with zero attached hydrogens (tertiary/aromatic N) is 3. The number of carbonyl (C=O) groups excluding carboxylic acids is 1. The molecule has 1 N–H and O–H groups in total. The Bertz CT molecular complexity index is 547. The maximum Gasteiger partial charge on any atom is 0.222 e. The van der Waals surface area contributed by atoms with Gasteiger partial charge < -0.3 is 14.7 Å². The quantitative estimate of drug-likeness (QED) is 0.868. The molecule has 1 aromatic rings. The van der Waals surface area contributed by atoms with Crippen molar-refractivity contribution in [1.82, 2.24) is 14.7 Å². The first-order chi connectivity index (χ1) is 10.7. The van der Waals surface area contributed by atoms with Gasteiger partial charge in [0.25, 0.3) is 0 Å². The zero-order valence-electron chi connectivity index (χ0n) is 12.7. The van der Waals surface area contributed by atoms with Crippen LogP contribution in [0.15, 0.2) is 18.5 Å². The van der Waals surface area contributed by atoms with Crippen molar-refractivity contribution in [2.45, 2.75) is 43.9 Å². The number of aliphatic hydroxyl groups is 1. The van der Waals surface area contributed by atoms with E-state index in [2.05, 4.69) is 5.10 Å². The molecule has 1 spiro atoms. The fourth-order valence-electron chi connectivity index (χ4n) is 4.61. The normalized spacial score (nSPS) is 36.0. The van der Waals surface area contributed by atoms with E-state index in [1.54, 1.807) is 6.20 Å². The number of rotatable bonds is 5. The molecule has 4 atom stereocenters. The van der Waals surface area contributed by atoms with Crippen LogP contribution in [0.3, 0.4) is 0 Å². The third-order valence-electron chi connectivity index (χ3n) is 5.68. The van der Waals surface area contributed by atoms with Crippen molar-refractivity contribution in [3.8, 4) is 0 Å². The van der Waals surface area contributed by atoms with E-state index in [0.717, 1.165) is 32.4 Å². The third-order valence-corrected chi connectivity index (χ3v) is 5.68. The van der Waals surface area contributed by atoms with E-state index in [-0.39, 0.29) is 30.1 Å². The zero-order valence-corrected chi connectivity index (χ0v) is 12.7. The van der Waals surface area contributed by atoms with E-state index in [4.69, 9.17) is 4.74 Å². The van der Waals surface area contributed by atoms with Gasteiger partial charge in [-0.15, -0.1) is 0 Å². The third kappa shape index (κ3) is 2.16. The van der Waals surface area contributed by atoms with Gasteiger partial charge in [0.15, 0.2) is 0 Å². The van der Waals surface area contributed by atoms with Gasteiger partial charge in [0, 0.05) is 50.3 Å². The second-order valence-electron chi connectivity index (χ2n) is 6.86. The Morgan fingerprint density at radius 3 is 3.18 bits per heavy atom. The van der Waals surface area contributed by atoms with Crippen molar-refractivity contribution in [3.05, 3.63) is 18.5 Å². The molecule has 22 heavy (non-hydrogen) atoms. The summed E-state index contributed by atoms with van der Waals surface area (Å²) in [5.41, 5.74) is -0.157. The Labute approximate surface area is 130 Å². The number of carbonyl (C=O) groups is 1. The van der Waals surface area contributed by atoms with Crippen molar-refractivity contribution < 1.29 is 14.6 Å². The Hall–Kier alpha value is -1.40. The van der Waals surface area contributed by atoms with Crippen LogP contribution in [0.2, 0.25) is 0 Å². The zero-order chi connectivity index (χ0) is 15.2. The highest BCUT2D eigenvalue weighted by Crippen LogP contribution is 2.54. The predicted octanol–water partition coefficient (Wildman–Crippen LogP) is 0.662. The number of hydrogen-bond donors (Lipinski definition) is 1. The highest BCUT2D eigenvalue weighted by molar-refractivity contribution is 5.76. The first-order valence-corrected chi connectivity index (χ1v) is 8.26. The molecule has 120 valence electrons. The molecule has 0 unspecified atom stereocenters. The number of aryl methyl sites for hydroxylation is 1. The lowest BCUT2D eigenvalue weighted by molar-refractivity contribution is -0.132. The fourth-order valence-corrected chi connectivity index (χ4v) is 4.61. The van der Waals surface area contributed by atoms with Crippen molar-refractivity contribution >= 4 is 5.91 Å². The lowest BCUT2D eigenvalue weighted by Crippen LogP contribution is -2.38. The number of aliphatic hydroxyl groups excluding tert-OH is 1. The molecular weight excluding hydrogens is 282 g/mol. The SMILES string of the molecule is O=C(CCCn1cccn1)N1C[C@H]2[C@@H](CO)[C@@H]3CC[C@@]2(C1)O3. The van der Waals surface area contributed by atoms with Gasteiger partial charge in [-0.05, 0) is 25.3 Å². The van der Waals surface area contributed by atoms with Crippen LogP contribution >= 0.6 is 0 Å². The summed E-state index contributed by atoms with van der Waals surface area (Å²) < 4.78 is 8.02. The maximum atomic E-state index is 12.4. The average Bonchev–Trinajstić information content (AvgIpc) is 3.26. The molecule has 1 amide bonds. The number of aromatic nitrogens is 2. The predicted molar refractivity (Wildman–Crippen MR) is 78.9 cm³/mol. The Morgan fingerprint density at radius 2 is 2.41 bits per heavy atom. The van der Waals surface area contributed by atoms with Crippen LogP contribution in [0.1, 0.15) is 25.7 Å². The van der Waals surface area contributed by atoms with Crippen LogP contribution in [-0.2, 0) is 16.1 Å². The van der Waals surface area contributed by atoms with Crippen LogP contribution in [-0.4, -0.2) is 57.1 Å². The van der Waals surface area contributed by atoms with E-state index in [1.807, 2.05) is 21.8 Å². The second kappa shape index (κ2) is 5.35. The minimum absolute atomic E-state index is 0.157. The van der Waals surface area contributed by atoms with Gasteiger partial charge in [-0.1, -0.05) is 0 Å². The summed E-state index contributed by atoms with van der Waals surface area (Å²) in [4.78, 5) is 14.4. The largest absolute Gasteiger partial charge is 0.396 e. The van der Waals surface area contributed by atoms with Crippen molar-refractivity contribution in [1.29, 1.82) is 0 Å². The fraction of sp³-hybridized carbons (Fsp3) is 0.750. The van der Waals surface area contributed by atoms with Gasteiger partial charge in [-0.25, -0.2) is 0 Å². The van der Waals surface area contributed by atoms with E-state index in [0.29, 0.717) is 18.9 Å². The Kier molecular flexibility index (Phi) is 3.46. The van der Waals surface area contributed by atoms with Gasteiger partial charge >= 0.3 is 0 Å². The average molecular weight is 305 g/mol. The first kappa shape index (κ1) is 14.2. The van der Waals surface area contributed by atoms with E-state index < -0.39 is 0 Å². The van der Waals surface area contributed by atoms with Crippen LogP contribution in [0, 0.1) is 11.8 Å². The number of ether oxygens (including phenoxy) is 1. The monoisotopic (exact) mass is 305 g/mol. The van der Waals surface area contributed by atoms with E-state index in [1.165, 1.54) is 0 Å². The minimum atomic E-state index is -0.157. The first-order valence-electron chi connectivity index (χ1n) is 8.26. The molecule has 3 aliphatic rings. The molecule has 2 bridgehead atoms. The van der Waals surface area contributed by atoms with Gasteiger partial charge in [0.2, 0.25) is 5.91 Å². The highest BCUT2D eigenvalue weighted by Gasteiger charge is 2.63. The van der Waals surface area contributed by atoms with E-state index >= 15 is 0 Å². The lowest BCUT2D eigenvalue weighted by atomic mass is 9.74. The highest BCUT2D eigenvalue weighted by atomic mass is 16.5. The second-order valence-corrected chi connectivity index (χ2v) is 6.86. The molecule has 4 heterocycles. The molecule has 6 heteroatoms. The summed E-state index contributed by atoms with van der Waals surface area (Å²) in [6.45, 7) is 2.42. The summed E-state index contributed by atoms with van der Waals surface area (Å²) in [6.07, 6.45) is 7.32. The van der Waals surface area contributed by atoms with Gasteiger partial charge in [0.1, 0.15) is 0 Å². The van der Waals surface area contributed by atoms with Gasteiger partial charge in [-0.2, -0.15) is 5.10 Å². The molecular formula is C16H23N3O3. The summed E-state index contributed by atoms with van der Waals surface area (Å²) in [7, 11) is 0. The Morgan fingerprint density at radius 1 is 1.50 bits per heavy atom. The van der Waals surface area contributed by atoms with Crippen molar-refractivity contribution in [3.63, 3.8) is 0 Å². The minimum Gasteiger partial charge on any atom is -0.396 e. The summed E-state index contributed by atoms with van der Waals surface area (Å²) >= 11 is 0. The topological polar surface area (TPSA) is 67.6 Å². The lowest BCUT2D eigenvalue weighted by Gasteiger charge is -2.27. The number of hydrogen-bond acceptors (Lipinski definition) is 4. The maximum absolute atomic E-state index is 12.4. The summed E-state index contributed by atoms with van der Waals surface area (Å²) in [5, 5.41) is 13.8. The molecule has 0 saturated carbocycles. The van der Waals surface area contributed by atoms with Gasteiger partial charge in [0.05, 0.1) is 18.2 Å². The summed E-state index contributed by atoms with van der Waals surface area (Å²) in [6, 6.07) is 1.89. The van der Waals surface area contributed by atoms with Crippen LogP contribution in [0.5, 0.6) is 0 Å². The van der Waals surface area contributed by atoms with E-state index in [9.17, 15) is 9.90 Å². The molecule has 4 rings (SSSR count). The standard InChI is InChI=1S/C16H23N3O3/c20-10-12-13-9-18(11-16(13)5-4-14(12)22-16)15(21)3-1-7-19-8-2-6-17-19/h2,6,8,12-14,20H,1,3-5,7,9-11H2/t12-,13+,14+,16+/m1/s1. The smallest absolute Gasteiger partial charge is 0.222 e. The molecule has 0 aliphatic carbocycles. The Balaban J connectivity index is 1.33. The van der Waals surface area contributed by atoms with Crippen LogP contribution in [0.25, 0.3) is 0 Å². The van der Waals surface area contributed by atoms with Crippen LogP contribution in [0.4, 0.5) is 0 Å². The number of fused-ring (bicyclic) bond motifs is 1. The molecule has 3 saturated heterocycles. The van der Waals surface area contributed by atoms with Crippen molar-refractivity contribution in [2.24, 2.45) is 11.8 Å². The molecule has 0 aromatic carbocycles.